The molecule has 25 heavy (non-hydrogen) atoms. The monoisotopic (exact) mass is 331 g/mol. The fourth-order valence-electron chi connectivity index (χ4n) is 4.46. The van der Waals surface area contributed by atoms with Gasteiger partial charge >= 0.3 is 5.78 Å². The molecule has 0 atom stereocenters. The summed E-state index contributed by atoms with van der Waals surface area (Å²) in [4.78, 5) is 4.99. The molecule has 0 aliphatic heterocycles. The zero-order valence-electron chi connectivity index (χ0n) is 14.8. The van der Waals surface area contributed by atoms with E-state index in [9.17, 15) is 0 Å². The second kappa shape index (κ2) is 5.45. The molecule has 1 aliphatic carbocycles. The number of rotatable bonds is 2. The summed E-state index contributed by atoms with van der Waals surface area (Å²) >= 11 is 0. The normalized spacial score (nSPS) is 15.6. The van der Waals surface area contributed by atoms with Gasteiger partial charge in [0.15, 0.2) is 5.52 Å². The van der Waals surface area contributed by atoms with Crippen LogP contribution in [0.25, 0.3) is 22.5 Å². The van der Waals surface area contributed by atoms with Gasteiger partial charge in [-0.05, 0) is 43.5 Å². The van der Waals surface area contributed by atoms with Gasteiger partial charge in [0.1, 0.15) is 12.6 Å². The van der Waals surface area contributed by atoms with E-state index in [4.69, 9.17) is 4.98 Å². The molecular formula is C21H23N4+. The van der Waals surface area contributed by atoms with Crippen molar-refractivity contribution >= 4 is 16.8 Å². The van der Waals surface area contributed by atoms with E-state index in [-0.39, 0.29) is 0 Å². The van der Waals surface area contributed by atoms with E-state index in [2.05, 4.69) is 76.3 Å². The van der Waals surface area contributed by atoms with Gasteiger partial charge in [0, 0.05) is 0 Å². The number of fused-ring (bicyclic) bond motifs is 3. The van der Waals surface area contributed by atoms with Crippen molar-refractivity contribution in [3.8, 4) is 5.69 Å². The summed E-state index contributed by atoms with van der Waals surface area (Å²) in [5.74, 6) is 3.00. The maximum absolute atomic E-state index is 4.99. The predicted octanol–water partition coefficient (Wildman–Crippen LogP) is 4.07. The summed E-state index contributed by atoms with van der Waals surface area (Å²) in [6.07, 6.45) is 5.20. The van der Waals surface area contributed by atoms with Crippen LogP contribution in [-0.4, -0.2) is 14.1 Å². The summed E-state index contributed by atoms with van der Waals surface area (Å²) in [7, 11) is 2.18. The first-order chi connectivity index (χ1) is 12.3. The highest BCUT2D eigenvalue weighted by Crippen LogP contribution is 2.34. The first-order valence-electron chi connectivity index (χ1n) is 9.20. The van der Waals surface area contributed by atoms with Crippen molar-refractivity contribution in [2.45, 2.75) is 38.5 Å². The minimum absolute atomic E-state index is 0.607. The average Bonchev–Trinajstić information content (AvgIpc) is 3.31. The largest absolute Gasteiger partial charge is 0.344 e. The Balaban J connectivity index is 1.92. The highest BCUT2D eigenvalue weighted by Gasteiger charge is 2.35. The molecule has 126 valence electrons. The van der Waals surface area contributed by atoms with Crippen LogP contribution in [0.4, 0.5) is 0 Å². The highest BCUT2D eigenvalue weighted by molar-refractivity contribution is 5.80. The number of nitrogens with zero attached hydrogens (tertiary/aromatic N) is 4. The number of hydrogen-bond donors (Lipinski definition) is 0. The zero-order chi connectivity index (χ0) is 17.0. The SMILES string of the molecule is Cc1ccccc1-n1c2nc3ccccc3n2c(C2CCCC2)[n+]1C. The third kappa shape index (κ3) is 2.06. The van der Waals surface area contributed by atoms with E-state index >= 15 is 0 Å². The Kier molecular flexibility index (Phi) is 3.20. The molecule has 0 amide bonds. The molecule has 0 spiro atoms. The first-order valence-corrected chi connectivity index (χ1v) is 9.20. The Morgan fingerprint density at radius 3 is 2.52 bits per heavy atom. The molecule has 4 heteroatoms. The Morgan fingerprint density at radius 1 is 1.00 bits per heavy atom. The van der Waals surface area contributed by atoms with Crippen molar-refractivity contribution in [3.63, 3.8) is 0 Å². The topological polar surface area (TPSA) is 26.1 Å². The summed E-state index contributed by atoms with van der Waals surface area (Å²) in [6.45, 7) is 2.17. The number of benzene rings is 2. The molecule has 0 saturated heterocycles. The van der Waals surface area contributed by atoms with E-state index in [1.54, 1.807) is 0 Å². The molecule has 0 radical (unpaired) electrons. The van der Waals surface area contributed by atoms with Crippen LogP contribution in [0.2, 0.25) is 0 Å². The van der Waals surface area contributed by atoms with Crippen molar-refractivity contribution in [2.75, 3.05) is 0 Å². The van der Waals surface area contributed by atoms with Crippen LogP contribution < -0.4 is 4.68 Å². The van der Waals surface area contributed by atoms with E-state index in [1.807, 2.05) is 0 Å². The lowest BCUT2D eigenvalue weighted by Crippen LogP contribution is -2.42. The van der Waals surface area contributed by atoms with Crippen molar-refractivity contribution in [2.24, 2.45) is 7.05 Å². The number of hydrogen-bond acceptors (Lipinski definition) is 1. The zero-order valence-corrected chi connectivity index (χ0v) is 14.8. The minimum atomic E-state index is 0.607. The molecule has 1 fully saturated rings. The van der Waals surface area contributed by atoms with E-state index in [1.165, 1.54) is 48.3 Å². The number of para-hydroxylation sites is 3. The smallest absolute Gasteiger partial charge is 0.185 e. The Bertz CT molecular complexity index is 1080. The summed E-state index contributed by atoms with van der Waals surface area (Å²) < 4.78 is 6.99. The standard InChI is InChI=1S/C21H23N4/c1-15-9-3-7-13-18(15)25-21-22-17-12-6-8-14-19(17)24(21)20(23(25)2)16-10-4-5-11-16/h3,6-9,12-14,16H,4-5,10-11H2,1-2H3/q+1. The Hall–Kier alpha value is -2.62. The van der Waals surface area contributed by atoms with Crippen LogP contribution in [0, 0.1) is 6.92 Å². The minimum Gasteiger partial charge on any atom is -0.185 e. The van der Waals surface area contributed by atoms with Gasteiger partial charge in [-0.3, -0.25) is 0 Å². The number of aromatic nitrogens is 4. The van der Waals surface area contributed by atoms with Crippen molar-refractivity contribution in [1.82, 2.24) is 14.1 Å². The van der Waals surface area contributed by atoms with Crippen LogP contribution in [0.5, 0.6) is 0 Å². The molecule has 1 aliphatic rings. The fourth-order valence-corrected chi connectivity index (χ4v) is 4.46. The predicted molar refractivity (Wildman–Crippen MR) is 99.1 cm³/mol. The molecule has 0 N–H and O–H groups in total. The molecule has 5 rings (SSSR count). The van der Waals surface area contributed by atoms with Crippen molar-refractivity contribution < 1.29 is 4.68 Å². The lowest BCUT2D eigenvalue weighted by molar-refractivity contribution is -0.752. The third-order valence-electron chi connectivity index (χ3n) is 5.66. The molecule has 1 saturated carbocycles. The maximum Gasteiger partial charge on any atom is 0.344 e. The lowest BCUT2D eigenvalue weighted by atomic mass is 10.1. The Morgan fingerprint density at radius 2 is 1.72 bits per heavy atom. The molecule has 2 aromatic carbocycles. The molecule has 0 unspecified atom stereocenters. The first kappa shape index (κ1) is 14.7. The van der Waals surface area contributed by atoms with Gasteiger partial charge in [-0.1, -0.05) is 43.2 Å². The summed E-state index contributed by atoms with van der Waals surface area (Å²) in [5, 5.41) is 0. The van der Waals surface area contributed by atoms with Crippen molar-refractivity contribution in [1.29, 1.82) is 0 Å². The molecular weight excluding hydrogens is 308 g/mol. The Labute approximate surface area is 147 Å². The maximum atomic E-state index is 4.99. The quantitative estimate of drug-likeness (QED) is 0.509. The van der Waals surface area contributed by atoms with Gasteiger partial charge in [-0.2, -0.15) is 14.1 Å². The van der Waals surface area contributed by atoms with Gasteiger partial charge in [0.25, 0.3) is 5.82 Å². The molecule has 2 aromatic heterocycles. The summed E-state index contributed by atoms with van der Waals surface area (Å²) in [6, 6.07) is 17.0. The average molecular weight is 331 g/mol. The van der Waals surface area contributed by atoms with Gasteiger partial charge in [-0.15, -0.1) is 4.68 Å². The van der Waals surface area contributed by atoms with Gasteiger partial charge in [-0.25, -0.2) is 0 Å². The van der Waals surface area contributed by atoms with Crippen LogP contribution in [0.15, 0.2) is 48.5 Å². The molecule has 4 nitrogen and oxygen atoms in total. The van der Waals surface area contributed by atoms with Gasteiger partial charge < -0.3 is 0 Å². The van der Waals surface area contributed by atoms with E-state index < -0.39 is 0 Å². The van der Waals surface area contributed by atoms with Crippen molar-refractivity contribution in [3.05, 3.63) is 59.9 Å². The van der Waals surface area contributed by atoms with E-state index in [0.29, 0.717) is 5.92 Å². The van der Waals surface area contributed by atoms with Crippen LogP contribution in [-0.2, 0) is 7.05 Å². The second-order valence-corrected chi connectivity index (χ2v) is 7.20. The molecule has 0 bridgehead atoms. The molecule has 2 heterocycles. The third-order valence-corrected chi connectivity index (χ3v) is 5.66. The van der Waals surface area contributed by atoms with Gasteiger partial charge in [0.05, 0.1) is 11.6 Å². The fraction of sp³-hybridized carbons (Fsp3) is 0.333. The lowest BCUT2D eigenvalue weighted by Gasteiger charge is -2.08. The van der Waals surface area contributed by atoms with Crippen LogP contribution in [0.3, 0.4) is 0 Å². The highest BCUT2D eigenvalue weighted by atomic mass is 15.5. The van der Waals surface area contributed by atoms with Gasteiger partial charge in [0.2, 0.25) is 0 Å². The number of aryl methyl sites for hydroxylation is 1. The summed E-state index contributed by atoms with van der Waals surface area (Å²) in [5.41, 5.74) is 4.75. The van der Waals surface area contributed by atoms with Crippen LogP contribution >= 0.6 is 0 Å². The van der Waals surface area contributed by atoms with Crippen LogP contribution in [0.1, 0.15) is 43.0 Å². The second-order valence-electron chi connectivity index (χ2n) is 7.20. The molecule has 4 aromatic rings. The van der Waals surface area contributed by atoms with E-state index in [0.717, 1.165) is 11.3 Å². The number of imidazole rings is 1.